The van der Waals surface area contributed by atoms with Gasteiger partial charge in [0, 0.05) is 13.7 Å². The molecule has 2 aromatic carbocycles. The molecule has 1 atom stereocenters. The molecule has 2 aromatic rings. The lowest BCUT2D eigenvalue weighted by atomic mass is 10.0. The first-order valence-electron chi connectivity index (χ1n) is 7.70. The van der Waals surface area contributed by atoms with Crippen molar-refractivity contribution < 1.29 is 13.5 Å². The number of aliphatic hydroxyl groups excluding tert-OH is 1. The molecule has 0 saturated carbocycles. The van der Waals surface area contributed by atoms with Gasteiger partial charge in [0.1, 0.15) is 0 Å². The Morgan fingerprint density at radius 2 is 1.57 bits per heavy atom. The third kappa shape index (κ3) is 4.89. The molecule has 0 fully saturated rings. The van der Waals surface area contributed by atoms with Gasteiger partial charge < -0.3 is 5.11 Å². The van der Waals surface area contributed by atoms with Crippen LogP contribution in [0.15, 0.2) is 60.7 Å². The normalized spacial score (nSPS) is 13.2. The maximum absolute atomic E-state index is 12.6. The molecule has 0 spiro atoms. The predicted molar refractivity (Wildman–Crippen MR) is 92.6 cm³/mol. The number of hydrogen-bond donors (Lipinski definition) is 1. The Bertz CT molecular complexity index is 687. The molecule has 0 saturated heterocycles. The van der Waals surface area contributed by atoms with Gasteiger partial charge in [0.2, 0.25) is 10.0 Å². The first-order chi connectivity index (χ1) is 11.0. The lowest BCUT2D eigenvalue weighted by Crippen LogP contribution is -2.34. The highest BCUT2D eigenvalue weighted by molar-refractivity contribution is 7.89. The van der Waals surface area contributed by atoms with Gasteiger partial charge in [-0.25, -0.2) is 8.42 Å². The topological polar surface area (TPSA) is 57.6 Å². The van der Waals surface area contributed by atoms with Crippen LogP contribution in [0.4, 0.5) is 0 Å². The average Bonchev–Trinajstić information content (AvgIpc) is 2.59. The molecule has 1 N–H and O–H groups in total. The molecule has 2 rings (SSSR count). The van der Waals surface area contributed by atoms with Crippen LogP contribution in [0.2, 0.25) is 0 Å². The van der Waals surface area contributed by atoms with Crippen LogP contribution in [0.5, 0.6) is 0 Å². The van der Waals surface area contributed by atoms with Gasteiger partial charge in [-0.15, -0.1) is 0 Å². The fraction of sp³-hybridized carbons (Fsp3) is 0.333. The largest absolute Gasteiger partial charge is 0.396 e. The lowest BCUT2D eigenvalue weighted by molar-refractivity contribution is 0.240. The third-order valence-corrected chi connectivity index (χ3v) is 5.81. The summed E-state index contributed by atoms with van der Waals surface area (Å²) in [5.74, 6) is 0.0578. The van der Waals surface area contributed by atoms with Crippen molar-refractivity contribution in [3.05, 3.63) is 71.8 Å². The van der Waals surface area contributed by atoms with E-state index in [-0.39, 0.29) is 18.4 Å². The molecule has 124 valence electrons. The number of aryl methyl sites for hydroxylation is 1. The van der Waals surface area contributed by atoms with E-state index in [1.807, 2.05) is 60.7 Å². The molecule has 5 heteroatoms. The molecule has 0 radical (unpaired) electrons. The smallest absolute Gasteiger partial charge is 0.214 e. The summed E-state index contributed by atoms with van der Waals surface area (Å²) in [6, 6.07) is 18.7. The number of rotatable bonds is 8. The Kier molecular flexibility index (Phi) is 6.33. The predicted octanol–water partition coefficient (Wildman–Crippen LogP) is 2.61. The van der Waals surface area contributed by atoms with E-state index in [0.29, 0.717) is 12.8 Å². The Morgan fingerprint density at radius 1 is 1.00 bits per heavy atom. The van der Waals surface area contributed by atoms with E-state index in [1.165, 1.54) is 4.31 Å². The van der Waals surface area contributed by atoms with Gasteiger partial charge in [0.15, 0.2) is 0 Å². The van der Waals surface area contributed by atoms with E-state index in [1.54, 1.807) is 7.05 Å². The lowest BCUT2D eigenvalue weighted by Gasteiger charge is -2.27. The minimum atomic E-state index is -3.41. The third-order valence-electron chi connectivity index (χ3n) is 3.96. The average molecular weight is 333 g/mol. The zero-order valence-electron chi connectivity index (χ0n) is 13.3. The monoisotopic (exact) mass is 333 g/mol. The number of aliphatic hydroxyl groups is 1. The second-order valence-electron chi connectivity index (χ2n) is 5.51. The number of benzene rings is 2. The van der Waals surface area contributed by atoms with Crippen molar-refractivity contribution in [1.82, 2.24) is 4.31 Å². The summed E-state index contributed by atoms with van der Waals surface area (Å²) in [4.78, 5) is 0. The minimum Gasteiger partial charge on any atom is -0.396 e. The maximum atomic E-state index is 12.6. The summed E-state index contributed by atoms with van der Waals surface area (Å²) in [6.45, 7) is -0.0574. The van der Waals surface area contributed by atoms with Crippen LogP contribution in [0.25, 0.3) is 0 Å². The van der Waals surface area contributed by atoms with Gasteiger partial charge in [-0.05, 0) is 24.0 Å². The van der Waals surface area contributed by atoms with E-state index in [9.17, 15) is 13.5 Å². The van der Waals surface area contributed by atoms with Crippen molar-refractivity contribution in [2.75, 3.05) is 19.4 Å². The maximum Gasteiger partial charge on any atom is 0.214 e. The van der Waals surface area contributed by atoms with Crippen LogP contribution in [0, 0.1) is 0 Å². The molecular formula is C18H23NO3S. The van der Waals surface area contributed by atoms with E-state index < -0.39 is 10.0 Å². The minimum absolute atomic E-state index is 0.0574. The molecule has 0 aliphatic rings. The van der Waals surface area contributed by atoms with Crippen LogP contribution in [0.1, 0.15) is 23.6 Å². The van der Waals surface area contributed by atoms with Crippen molar-refractivity contribution in [1.29, 1.82) is 0 Å². The van der Waals surface area contributed by atoms with Gasteiger partial charge >= 0.3 is 0 Å². The van der Waals surface area contributed by atoms with Crippen molar-refractivity contribution >= 4 is 10.0 Å². The van der Waals surface area contributed by atoms with Gasteiger partial charge in [-0.1, -0.05) is 60.7 Å². The fourth-order valence-electron chi connectivity index (χ4n) is 2.59. The summed E-state index contributed by atoms with van der Waals surface area (Å²) in [6.07, 6.45) is 0.860. The standard InChI is InChI=1S/C18H23NO3S/c1-19(18(12-14-20)17-10-6-3-7-11-17)23(21,22)15-13-16-8-4-2-5-9-16/h2-11,18,20H,12-15H2,1H3. The van der Waals surface area contributed by atoms with E-state index in [4.69, 9.17) is 0 Å². The molecule has 1 unspecified atom stereocenters. The van der Waals surface area contributed by atoms with Crippen LogP contribution in [-0.4, -0.2) is 37.2 Å². The number of sulfonamides is 1. The molecule has 0 aromatic heterocycles. The van der Waals surface area contributed by atoms with Gasteiger partial charge in [0.05, 0.1) is 11.8 Å². The zero-order chi connectivity index (χ0) is 16.7. The highest BCUT2D eigenvalue weighted by atomic mass is 32.2. The highest BCUT2D eigenvalue weighted by Gasteiger charge is 2.26. The summed E-state index contributed by atoms with van der Waals surface area (Å²) in [7, 11) is -1.81. The summed E-state index contributed by atoms with van der Waals surface area (Å²) in [5, 5.41) is 9.30. The van der Waals surface area contributed by atoms with Crippen LogP contribution < -0.4 is 0 Å². The Hall–Kier alpha value is -1.69. The van der Waals surface area contributed by atoms with Gasteiger partial charge in [0.25, 0.3) is 0 Å². The second kappa shape index (κ2) is 8.24. The van der Waals surface area contributed by atoms with E-state index in [2.05, 4.69) is 0 Å². The number of hydrogen-bond acceptors (Lipinski definition) is 3. The molecule has 23 heavy (non-hydrogen) atoms. The molecule has 0 bridgehead atoms. The Balaban J connectivity index is 2.12. The molecule has 4 nitrogen and oxygen atoms in total. The highest BCUT2D eigenvalue weighted by Crippen LogP contribution is 2.25. The Morgan fingerprint density at radius 3 is 2.13 bits per heavy atom. The number of nitrogens with zero attached hydrogens (tertiary/aromatic N) is 1. The molecule has 0 aliphatic heterocycles. The fourth-order valence-corrected chi connectivity index (χ4v) is 3.98. The molecule has 0 heterocycles. The van der Waals surface area contributed by atoms with Crippen LogP contribution in [0.3, 0.4) is 0 Å². The van der Waals surface area contributed by atoms with Crippen molar-refractivity contribution in [2.45, 2.75) is 18.9 Å². The quantitative estimate of drug-likeness (QED) is 0.808. The SMILES string of the molecule is CN(C(CCO)c1ccccc1)S(=O)(=O)CCc1ccccc1. The molecule has 0 amide bonds. The molecule has 0 aliphatic carbocycles. The summed E-state index contributed by atoms with van der Waals surface area (Å²) < 4.78 is 26.7. The van der Waals surface area contributed by atoms with Gasteiger partial charge in [-0.2, -0.15) is 4.31 Å². The zero-order valence-corrected chi connectivity index (χ0v) is 14.1. The van der Waals surface area contributed by atoms with E-state index >= 15 is 0 Å². The van der Waals surface area contributed by atoms with Crippen molar-refractivity contribution in [3.63, 3.8) is 0 Å². The van der Waals surface area contributed by atoms with Crippen LogP contribution in [-0.2, 0) is 16.4 Å². The van der Waals surface area contributed by atoms with Crippen molar-refractivity contribution in [2.24, 2.45) is 0 Å². The second-order valence-corrected chi connectivity index (χ2v) is 7.65. The summed E-state index contributed by atoms with van der Waals surface area (Å²) >= 11 is 0. The van der Waals surface area contributed by atoms with Crippen LogP contribution >= 0.6 is 0 Å². The summed E-state index contributed by atoms with van der Waals surface area (Å²) in [5.41, 5.74) is 1.90. The Labute approximate surface area is 138 Å². The first-order valence-corrected chi connectivity index (χ1v) is 9.31. The first kappa shape index (κ1) is 17.7. The van der Waals surface area contributed by atoms with Crippen molar-refractivity contribution in [3.8, 4) is 0 Å². The molecular weight excluding hydrogens is 310 g/mol. The van der Waals surface area contributed by atoms with Gasteiger partial charge in [-0.3, -0.25) is 0 Å². The van der Waals surface area contributed by atoms with E-state index in [0.717, 1.165) is 11.1 Å².